The smallest absolute Gasteiger partial charge is 0.119 e. The topological polar surface area (TPSA) is 29.5 Å². The highest BCUT2D eigenvalue weighted by molar-refractivity contribution is 5.45. The van der Waals surface area contributed by atoms with Crippen LogP contribution in [-0.2, 0) is 6.42 Å². The summed E-state index contributed by atoms with van der Waals surface area (Å²) in [5, 5.41) is 10.7. The molecule has 2 aromatic carbocycles. The monoisotopic (exact) mass is 284 g/mol. The number of benzene rings is 2. The van der Waals surface area contributed by atoms with Crippen molar-refractivity contribution < 1.29 is 9.84 Å². The molecule has 0 amide bonds. The minimum absolute atomic E-state index is 0.490. The second kappa shape index (κ2) is 6.31. The van der Waals surface area contributed by atoms with E-state index in [2.05, 4.69) is 33.8 Å². The van der Waals surface area contributed by atoms with Crippen LogP contribution in [0.15, 0.2) is 30.3 Å². The predicted octanol–water partition coefficient (Wildman–Crippen LogP) is 4.20. The van der Waals surface area contributed by atoms with E-state index < -0.39 is 6.10 Å². The predicted molar refractivity (Wildman–Crippen MR) is 87.0 cm³/mol. The van der Waals surface area contributed by atoms with Crippen LogP contribution in [0.5, 0.6) is 5.75 Å². The fourth-order valence-corrected chi connectivity index (χ4v) is 2.87. The zero-order valence-corrected chi connectivity index (χ0v) is 13.5. The van der Waals surface area contributed by atoms with Gasteiger partial charge in [0.05, 0.1) is 13.2 Å². The maximum atomic E-state index is 10.7. The number of aliphatic hydroxyl groups excluding tert-OH is 1. The molecular weight excluding hydrogens is 260 g/mol. The van der Waals surface area contributed by atoms with Crippen LogP contribution in [0.25, 0.3) is 0 Å². The van der Waals surface area contributed by atoms with Gasteiger partial charge < -0.3 is 9.84 Å². The first kappa shape index (κ1) is 15.6. The molecule has 0 fully saturated rings. The van der Waals surface area contributed by atoms with Crippen LogP contribution in [-0.4, -0.2) is 12.2 Å². The molecule has 2 heteroatoms. The van der Waals surface area contributed by atoms with Gasteiger partial charge in [0, 0.05) is 6.42 Å². The standard InChI is InChI=1S/C19H24O2/c1-12-9-13(2)15(4)19(14(12)3)18(20)11-16-7-6-8-17(10-16)21-5/h6-10,18,20H,11H2,1-5H3. The fraction of sp³-hybridized carbons (Fsp3) is 0.368. The molecule has 0 saturated carbocycles. The lowest BCUT2D eigenvalue weighted by Crippen LogP contribution is -2.08. The summed E-state index contributed by atoms with van der Waals surface area (Å²) < 4.78 is 5.25. The number of ether oxygens (including phenoxy) is 1. The Morgan fingerprint density at radius 1 is 1.00 bits per heavy atom. The van der Waals surface area contributed by atoms with E-state index in [9.17, 15) is 5.11 Å². The van der Waals surface area contributed by atoms with Gasteiger partial charge in [-0.3, -0.25) is 0 Å². The summed E-state index contributed by atoms with van der Waals surface area (Å²) in [7, 11) is 1.66. The summed E-state index contributed by atoms with van der Waals surface area (Å²) in [6, 6.07) is 10.1. The average Bonchev–Trinajstić information content (AvgIpc) is 2.45. The van der Waals surface area contributed by atoms with Crippen LogP contribution < -0.4 is 4.74 Å². The summed E-state index contributed by atoms with van der Waals surface area (Å²) in [4.78, 5) is 0. The second-order valence-corrected chi connectivity index (χ2v) is 5.75. The van der Waals surface area contributed by atoms with Crippen molar-refractivity contribution in [2.24, 2.45) is 0 Å². The van der Waals surface area contributed by atoms with Crippen molar-refractivity contribution in [3.63, 3.8) is 0 Å². The van der Waals surface area contributed by atoms with E-state index in [1.165, 1.54) is 22.3 Å². The van der Waals surface area contributed by atoms with Gasteiger partial charge >= 0.3 is 0 Å². The molecule has 2 rings (SSSR count). The third-order valence-corrected chi connectivity index (χ3v) is 4.32. The van der Waals surface area contributed by atoms with Crippen molar-refractivity contribution >= 4 is 0 Å². The van der Waals surface area contributed by atoms with Gasteiger partial charge in [0.2, 0.25) is 0 Å². The molecule has 2 aromatic rings. The van der Waals surface area contributed by atoms with Crippen LogP contribution in [0, 0.1) is 27.7 Å². The van der Waals surface area contributed by atoms with Crippen LogP contribution >= 0.6 is 0 Å². The first-order chi connectivity index (χ1) is 9.93. The quantitative estimate of drug-likeness (QED) is 0.911. The van der Waals surface area contributed by atoms with E-state index in [0.717, 1.165) is 16.9 Å². The van der Waals surface area contributed by atoms with Gasteiger partial charge in [-0.15, -0.1) is 0 Å². The Balaban J connectivity index is 2.34. The van der Waals surface area contributed by atoms with Crippen molar-refractivity contribution in [1.82, 2.24) is 0 Å². The Morgan fingerprint density at radius 3 is 2.19 bits per heavy atom. The zero-order valence-electron chi connectivity index (χ0n) is 13.5. The Kier molecular flexibility index (Phi) is 4.69. The van der Waals surface area contributed by atoms with E-state index in [1.807, 2.05) is 24.3 Å². The van der Waals surface area contributed by atoms with Crippen molar-refractivity contribution in [3.8, 4) is 5.75 Å². The Hall–Kier alpha value is -1.80. The summed E-state index contributed by atoms with van der Waals surface area (Å²) in [5.74, 6) is 0.827. The minimum atomic E-state index is -0.490. The second-order valence-electron chi connectivity index (χ2n) is 5.75. The van der Waals surface area contributed by atoms with Gasteiger partial charge in [-0.2, -0.15) is 0 Å². The molecular formula is C19H24O2. The maximum absolute atomic E-state index is 10.7. The minimum Gasteiger partial charge on any atom is -0.497 e. The molecule has 21 heavy (non-hydrogen) atoms. The van der Waals surface area contributed by atoms with Gasteiger partial charge in [0.1, 0.15) is 5.75 Å². The zero-order chi connectivity index (χ0) is 15.6. The summed E-state index contributed by atoms with van der Waals surface area (Å²) in [5.41, 5.74) is 6.99. The first-order valence-corrected chi connectivity index (χ1v) is 7.32. The van der Waals surface area contributed by atoms with Crippen molar-refractivity contribution in [2.75, 3.05) is 7.11 Å². The van der Waals surface area contributed by atoms with Gasteiger partial charge in [-0.05, 0) is 73.2 Å². The van der Waals surface area contributed by atoms with E-state index >= 15 is 0 Å². The molecule has 0 heterocycles. The van der Waals surface area contributed by atoms with E-state index in [-0.39, 0.29) is 0 Å². The van der Waals surface area contributed by atoms with Gasteiger partial charge in [-0.1, -0.05) is 18.2 Å². The highest BCUT2D eigenvalue weighted by atomic mass is 16.5. The van der Waals surface area contributed by atoms with Crippen molar-refractivity contribution in [3.05, 3.63) is 63.7 Å². The molecule has 2 nitrogen and oxygen atoms in total. The molecule has 0 saturated heterocycles. The number of methoxy groups -OCH3 is 1. The number of rotatable bonds is 4. The Morgan fingerprint density at radius 2 is 1.62 bits per heavy atom. The lowest BCUT2D eigenvalue weighted by molar-refractivity contribution is 0.176. The van der Waals surface area contributed by atoms with E-state index in [4.69, 9.17) is 4.74 Å². The normalized spacial score (nSPS) is 12.3. The molecule has 1 unspecified atom stereocenters. The fourth-order valence-electron chi connectivity index (χ4n) is 2.87. The SMILES string of the molecule is COc1cccc(CC(O)c2c(C)c(C)cc(C)c2C)c1. The van der Waals surface area contributed by atoms with Crippen LogP contribution in [0.2, 0.25) is 0 Å². The molecule has 0 bridgehead atoms. The average molecular weight is 284 g/mol. The first-order valence-electron chi connectivity index (χ1n) is 7.32. The maximum Gasteiger partial charge on any atom is 0.119 e. The lowest BCUT2D eigenvalue weighted by Gasteiger charge is -2.20. The van der Waals surface area contributed by atoms with Crippen molar-refractivity contribution in [1.29, 1.82) is 0 Å². The van der Waals surface area contributed by atoms with Crippen LogP contribution in [0.4, 0.5) is 0 Å². The molecule has 0 spiro atoms. The lowest BCUT2D eigenvalue weighted by atomic mass is 9.88. The number of aliphatic hydroxyl groups is 1. The molecule has 112 valence electrons. The molecule has 1 N–H and O–H groups in total. The Bertz CT molecular complexity index is 618. The number of aryl methyl sites for hydroxylation is 2. The van der Waals surface area contributed by atoms with Gasteiger partial charge in [0.15, 0.2) is 0 Å². The van der Waals surface area contributed by atoms with E-state index in [0.29, 0.717) is 6.42 Å². The molecule has 0 radical (unpaired) electrons. The molecule has 0 aliphatic rings. The number of hydrogen-bond donors (Lipinski definition) is 1. The van der Waals surface area contributed by atoms with Gasteiger partial charge in [0.25, 0.3) is 0 Å². The largest absolute Gasteiger partial charge is 0.497 e. The third kappa shape index (κ3) is 3.27. The van der Waals surface area contributed by atoms with Crippen LogP contribution in [0.1, 0.15) is 39.5 Å². The molecule has 0 aromatic heterocycles. The Labute approximate surface area is 127 Å². The third-order valence-electron chi connectivity index (χ3n) is 4.32. The van der Waals surface area contributed by atoms with Gasteiger partial charge in [-0.25, -0.2) is 0 Å². The molecule has 1 atom stereocenters. The van der Waals surface area contributed by atoms with Crippen LogP contribution in [0.3, 0.4) is 0 Å². The van der Waals surface area contributed by atoms with Crippen molar-refractivity contribution in [2.45, 2.75) is 40.2 Å². The summed E-state index contributed by atoms with van der Waals surface area (Å²) in [6.45, 7) is 8.38. The summed E-state index contributed by atoms with van der Waals surface area (Å²) >= 11 is 0. The number of hydrogen-bond acceptors (Lipinski definition) is 2. The highest BCUT2D eigenvalue weighted by Crippen LogP contribution is 2.30. The molecule has 0 aliphatic carbocycles. The molecule has 0 aliphatic heterocycles. The highest BCUT2D eigenvalue weighted by Gasteiger charge is 2.17. The summed E-state index contributed by atoms with van der Waals surface area (Å²) in [6.07, 6.45) is 0.109. The van der Waals surface area contributed by atoms with E-state index in [1.54, 1.807) is 7.11 Å².